The van der Waals surface area contributed by atoms with Crippen molar-refractivity contribution in [3.63, 3.8) is 0 Å². The van der Waals surface area contributed by atoms with Crippen LogP contribution < -0.4 is 0 Å². The molecule has 4 heteroatoms. The van der Waals surface area contributed by atoms with E-state index in [2.05, 4.69) is 231 Å². The zero-order valence-corrected chi connectivity index (χ0v) is 38.2. The van der Waals surface area contributed by atoms with Gasteiger partial charge < -0.3 is 0 Å². The molecule has 0 radical (unpaired) electrons. The number of hydrogen-bond donors (Lipinski definition) is 0. The molecule has 69 heavy (non-hydrogen) atoms. The van der Waals surface area contributed by atoms with Crippen LogP contribution in [0.3, 0.4) is 0 Å². The van der Waals surface area contributed by atoms with Gasteiger partial charge in [-0.15, -0.1) is 11.3 Å². The summed E-state index contributed by atoms with van der Waals surface area (Å²) in [5, 5.41) is 7.43. The van der Waals surface area contributed by atoms with Crippen molar-refractivity contribution in [2.24, 2.45) is 0 Å². The summed E-state index contributed by atoms with van der Waals surface area (Å²) in [5.74, 6) is 1.90. The fraction of sp³-hybridized carbons (Fsp3) is 0. The monoisotopic (exact) mass is 895 g/mol. The largest absolute Gasteiger partial charge is 0.208 e. The highest BCUT2D eigenvalue weighted by atomic mass is 32.1. The number of nitrogens with zero attached hydrogens (tertiary/aromatic N) is 3. The van der Waals surface area contributed by atoms with E-state index in [4.69, 9.17) is 15.0 Å². The van der Waals surface area contributed by atoms with Gasteiger partial charge in [-0.1, -0.05) is 206 Å². The second-order valence-corrected chi connectivity index (χ2v) is 18.6. The van der Waals surface area contributed by atoms with Crippen molar-refractivity contribution >= 4 is 53.1 Å². The number of rotatable bonds is 8. The van der Waals surface area contributed by atoms with Gasteiger partial charge in [0.05, 0.1) is 0 Å². The lowest BCUT2D eigenvalue weighted by molar-refractivity contribution is 1.08. The molecule has 0 aliphatic heterocycles. The van der Waals surface area contributed by atoms with Gasteiger partial charge in [-0.3, -0.25) is 0 Å². The molecular formula is C65H41N3S. The number of thiophene rings is 1. The number of hydrogen-bond acceptors (Lipinski definition) is 4. The van der Waals surface area contributed by atoms with E-state index in [1.807, 2.05) is 29.5 Å². The molecule has 13 aromatic rings. The molecule has 2 heterocycles. The van der Waals surface area contributed by atoms with E-state index < -0.39 is 0 Å². The molecule has 0 spiro atoms. The molecule has 0 atom stereocenters. The minimum absolute atomic E-state index is 0.622. The minimum atomic E-state index is 0.622. The van der Waals surface area contributed by atoms with Crippen LogP contribution in [-0.2, 0) is 0 Å². The summed E-state index contributed by atoms with van der Waals surface area (Å²) in [4.78, 5) is 15.9. The Labute approximate surface area is 404 Å². The zero-order chi connectivity index (χ0) is 45.7. The molecular weight excluding hydrogens is 855 g/mol. The van der Waals surface area contributed by atoms with Crippen molar-refractivity contribution in [1.29, 1.82) is 0 Å². The summed E-state index contributed by atoms with van der Waals surface area (Å²) >= 11 is 1.81. The molecule has 0 amide bonds. The van der Waals surface area contributed by atoms with Gasteiger partial charge in [-0.05, 0) is 120 Å². The molecule has 0 bridgehead atoms. The van der Waals surface area contributed by atoms with Crippen LogP contribution in [0.4, 0.5) is 0 Å². The van der Waals surface area contributed by atoms with Gasteiger partial charge in [-0.25, -0.2) is 15.0 Å². The standard InChI is InChI=1S/C65H41N3S/c1-4-15-42(16-5-1)53-39-54(45-29-27-44(28-30-45)51-32-31-43-17-10-11-23-49(43)37-51)41-55(40-53)50-24-14-25-52(38-50)64-66-63(48-21-8-3-9-22-48)67-65(68-64)58-35-34-57(46-18-6-2-7-19-46)61-60-56-26-13-12-20-47(56)33-36-59(60)69-62(58)61/h1-41H. The Hall–Kier alpha value is -8.83. The van der Waals surface area contributed by atoms with E-state index in [1.165, 1.54) is 59.3 Å². The second kappa shape index (κ2) is 17.1. The molecule has 0 aliphatic rings. The van der Waals surface area contributed by atoms with Crippen LogP contribution in [0.5, 0.6) is 0 Å². The molecule has 0 unspecified atom stereocenters. The Kier molecular flexibility index (Phi) is 10.0. The predicted molar refractivity (Wildman–Crippen MR) is 291 cm³/mol. The van der Waals surface area contributed by atoms with Gasteiger partial charge in [0.15, 0.2) is 17.5 Å². The highest BCUT2D eigenvalue weighted by Crippen LogP contribution is 2.47. The first-order valence-corrected chi connectivity index (χ1v) is 24.1. The number of aromatic nitrogens is 3. The minimum Gasteiger partial charge on any atom is -0.208 e. The molecule has 3 nitrogen and oxygen atoms in total. The molecule has 11 aromatic carbocycles. The van der Waals surface area contributed by atoms with Gasteiger partial charge in [0, 0.05) is 36.9 Å². The van der Waals surface area contributed by atoms with E-state index in [1.54, 1.807) is 0 Å². The van der Waals surface area contributed by atoms with Gasteiger partial charge >= 0.3 is 0 Å². The Balaban J connectivity index is 0.952. The summed E-state index contributed by atoms with van der Waals surface area (Å²) in [6, 6.07) is 89.0. The molecule has 13 rings (SSSR count). The molecule has 0 aliphatic carbocycles. The summed E-state index contributed by atoms with van der Waals surface area (Å²) < 4.78 is 2.39. The molecule has 0 fully saturated rings. The fourth-order valence-corrected chi connectivity index (χ4v) is 11.1. The van der Waals surface area contributed by atoms with Crippen LogP contribution in [0.2, 0.25) is 0 Å². The maximum Gasteiger partial charge on any atom is 0.165 e. The van der Waals surface area contributed by atoms with E-state index in [9.17, 15) is 0 Å². The smallest absolute Gasteiger partial charge is 0.165 e. The first-order chi connectivity index (χ1) is 34.2. The van der Waals surface area contributed by atoms with Crippen molar-refractivity contribution in [3.05, 3.63) is 249 Å². The third-order valence-electron chi connectivity index (χ3n) is 13.3. The highest BCUT2D eigenvalue weighted by Gasteiger charge is 2.21. The number of fused-ring (bicyclic) bond motifs is 6. The van der Waals surface area contributed by atoms with Crippen molar-refractivity contribution in [3.8, 4) is 89.8 Å². The molecule has 322 valence electrons. The van der Waals surface area contributed by atoms with Crippen molar-refractivity contribution in [1.82, 2.24) is 15.0 Å². The summed E-state index contributed by atoms with van der Waals surface area (Å²) in [6.07, 6.45) is 0. The highest BCUT2D eigenvalue weighted by molar-refractivity contribution is 7.26. The maximum absolute atomic E-state index is 5.38. The molecule has 0 N–H and O–H groups in total. The first-order valence-electron chi connectivity index (χ1n) is 23.3. The van der Waals surface area contributed by atoms with Gasteiger partial charge in [-0.2, -0.15) is 0 Å². The van der Waals surface area contributed by atoms with Gasteiger partial charge in [0.1, 0.15) is 0 Å². The second-order valence-electron chi connectivity index (χ2n) is 17.6. The third kappa shape index (κ3) is 7.54. The summed E-state index contributed by atoms with van der Waals surface area (Å²) in [7, 11) is 0. The maximum atomic E-state index is 5.38. The first kappa shape index (κ1) is 40.4. The van der Waals surface area contributed by atoms with Crippen LogP contribution in [0.25, 0.3) is 132 Å². The lowest BCUT2D eigenvalue weighted by Gasteiger charge is -2.14. The average Bonchev–Trinajstić information content (AvgIpc) is 3.84. The van der Waals surface area contributed by atoms with Crippen molar-refractivity contribution in [2.75, 3.05) is 0 Å². The van der Waals surface area contributed by atoms with Crippen LogP contribution in [0.15, 0.2) is 249 Å². The lowest BCUT2D eigenvalue weighted by Crippen LogP contribution is -2.00. The van der Waals surface area contributed by atoms with Crippen LogP contribution >= 0.6 is 11.3 Å². The topological polar surface area (TPSA) is 38.7 Å². The quantitative estimate of drug-likeness (QED) is 0.153. The van der Waals surface area contributed by atoms with E-state index in [-0.39, 0.29) is 0 Å². The SMILES string of the molecule is c1ccc(-c2cc(-c3ccc(-c4ccc5ccccc5c4)cc3)cc(-c3cccc(-c4nc(-c5ccccc5)nc(-c5ccc(-c6ccccc6)c6c5sc5ccc7ccccc7c56)n4)c3)c2)cc1. The van der Waals surface area contributed by atoms with Crippen LogP contribution in [-0.4, -0.2) is 15.0 Å². The molecule has 0 saturated heterocycles. The average molecular weight is 896 g/mol. The zero-order valence-electron chi connectivity index (χ0n) is 37.4. The summed E-state index contributed by atoms with van der Waals surface area (Å²) in [6.45, 7) is 0. The van der Waals surface area contributed by atoms with Crippen molar-refractivity contribution in [2.45, 2.75) is 0 Å². The fourth-order valence-electron chi connectivity index (χ4n) is 9.84. The van der Waals surface area contributed by atoms with E-state index >= 15 is 0 Å². The van der Waals surface area contributed by atoms with Gasteiger partial charge in [0.2, 0.25) is 0 Å². The van der Waals surface area contributed by atoms with E-state index in [0.717, 1.165) is 54.8 Å². The Morgan fingerprint density at radius 2 is 0.710 bits per heavy atom. The third-order valence-corrected chi connectivity index (χ3v) is 14.5. The normalized spacial score (nSPS) is 11.5. The Morgan fingerprint density at radius 1 is 0.246 bits per heavy atom. The lowest BCUT2D eigenvalue weighted by atomic mass is 9.92. The van der Waals surface area contributed by atoms with Crippen LogP contribution in [0, 0.1) is 0 Å². The Bertz CT molecular complexity index is 4050. The van der Waals surface area contributed by atoms with E-state index in [0.29, 0.717) is 17.5 Å². The van der Waals surface area contributed by atoms with Gasteiger partial charge in [0.25, 0.3) is 0 Å². The Morgan fingerprint density at radius 3 is 1.43 bits per heavy atom. The summed E-state index contributed by atoms with van der Waals surface area (Å²) in [5.41, 5.74) is 14.4. The predicted octanol–water partition coefficient (Wildman–Crippen LogP) is 17.9. The van der Waals surface area contributed by atoms with Crippen LogP contribution in [0.1, 0.15) is 0 Å². The molecule has 0 saturated carbocycles. The number of benzene rings is 11. The molecule has 2 aromatic heterocycles. The van der Waals surface area contributed by atoms with Crippen molar-refractivity contribution < 1.29 is 0 Å².